The molecule has 0 aliphatic carbocycles. The van der Waals surface area contributed by atoms with E-state index in [1.54, 1.807) is 44.2 Å². The van der Waals surface area contributed by atoms with Gasteiger partial charge in [0, 0.05) is 12.1 Å². The highest BCUT2D eigenvalue weighted by Gasteiger charge is 2.17. The van der Waals surface area contributed by atoms with Crippen molar-refractivity contribution in [2.45, 2.75) is 24.8 Å². The molecule has 2 N–H and O–H groups in total. The lowest BCUT2D eigenvalue weighted by Crippen LogP contribution is -2.30. The summed E-state index contributed by atoms with van der Waals surface area (Å²) in [5, 5.41) is 3.05. The molecule has 0 spiro atoms. The second kappa shape index (κ2) is 7.40. The maximum Gasteiger partial charge on any atom is 0.250 e. The molecule has 7 nitrogen and oxygen atoms in total. The van der Waals surface area contributed by atoms with Gasteiger partial charge in [0.15, 0.2) is 5.13 Å². The van der Waals surface area contributed by atoms with Crippen molar-refractivity contribution in [1.82, 2.24) is 9.71 Å². The van der Waals surface area contributed by atoms with Crippen LogP contribution in [-0.2, 0) is 14.8 Å². The fourth-order valence-electron chi connectivity index (χ4n) is 2.19. The minimum absolute atomic E-state index is 0.165. The first kappa shape index (κ1) is 18.3. The number of sulfonamides is 1. The Hall–Kier alpha value is -2.49. The lowest BCUT2D eigenvalue weighted by molar-refractivity contribution is -0.111. The predicted octanol–water partition coefficient (Wildman–Crippen LogP) is 3.23. The quantitative estimate of drug-likeness (QED) is 0.628. The van der Waals surface area contributed by atoms with Gasteiger partial charge in [0.05, 0.1) is 21.4 Å². The number of fused-ring (bicyclic) bond motifs is 1. The van der Waals surface area contributed by atoms with Crippen LogP contribution in [0.25, 0.3) is 16.3 Å². The second-order valence-electron chi connectivity index (χ2n) is 5.76. The second-order valence-corrected chi connectivity index (χ2v) is 8.51. The summed E-state index contributed by atoms with van der Waals surface area (Å²) >= 11 is 1.21. The van der Waals surface area contributed by atoms with E-state index in [1.165, 1.54) is 29.7 Å². The van der Waals surface area contributed by atoms with Gasteiger partial charge in [-0.1, -0.05) is 11.3 Å². The molecule has 0 atom stereocenters. The van der Waals surface area contributed by atoms with Gasteiger partial charge >= 0.3 is 0 Å². The van der Waals surface area contributed by atoms with Crippen molar-refractivity contribution >= 4 is 48.7 Å². The normalized spacial score (nSPS) is 12.3. The number of aromatic nitrogens is 1. The zero-order valence-corrected chi connectivity index (χ0v) is 15.7. The monoisotopic (exact) mass is 391 g/mol. The topological polar surface area (TPSA) is 101 Å². The number of nitrogens with one attached hydrogen (secondary N) is 2. The number of carbonyl (C=O) groups excluding carboxylic acids is 1. The lowest BCUT2D eigenvalue weighted by Gasteiger charge is -2.09. The van der Waals surface area contributed by atoms with Gasteiger partial charge in [0.1, 0.15) is 5.76 Å². The molecule has 0 bridgehead atoms. The van der Waals surface area contributed by atoms with Crippen molar-refractivity contribution < 1.29 is 17.6 Å². The number of carbonyl (C=O) groups is 1. The number of anilines is 1. The highest BCUT2D eigenvalue weighted by Crippen LogP contribution is 2.28. The van der Waals surface area contributed by atoms with E-state index in [-0.39, 0.29) is 16.8 Å². The first-order valence-corrected chi connectivity index (χ1v) is 10.1. The van der Waals surface area contributed by atoms with E-state index >= 15 is 0 Å². The van der Waals surface area contributed by atoms with E-state index in [9.17, 15) is 13.2 Å². The minimum Gasteiger partial charge on any atom is -0.465 e. The van der Waals surface area contributed by atoms with Crippen LogP contribution in [0, 0.1) is 0 Å². The average molecular weight is 391 g/mol. The third kappa shape index (κ3) is 4.37. The van der Waals surface area contributed by atoms with E-state index in [4.69, 9.17) is 4.42 Å². The van der Waals surface area contributed by atoms with Gasteiger partial charge in [-0.25, -0.2) is 18.1 Å². The molecule has 26 heavy (non-hydrogen) atoms. The smallest absolute Gasteiger partial charge is 0.250 e. The SMILES string of the molecule is CC(C)NS(=O)(=O)c1ccc2nc(NC(=O)C=Cc3ccco3)sc2c1. The van der Waals surface area contributed by atoms with Crippen molar-refractivity contribution in [2.24, 2.45) is 0 Å². The molecule has 0 radical (unpaired) electrons. The molecule has 2 heterocycles. The predicted molar refractivity (Wildman–Crippen MR) is 101 cm³/mol. The summed E-state index contributed by atoms with van der Waals surface area (Å²) in [6.07, 6.45) is 4.41. The molecular weight excluding hydrogens is 374 g/mol. The zero-order valence-electron chi connectivity index (χ0n) is 14.1. The van der Waals surface area contributed by atoms with Gasteiger partial charge in [-0.05, 0) is 50.3 Å². The maximum absolute atomic E-state index is 12.3. The van der Waals surface area contributed by atoms with Crippen LogP contribution in [0.3, 0.4) is 0 Å². The van der Waals surface area contributed by atoms with Gasteiger partial charge in [0.2, 0.25) is 15.9 Å². The van der Waals surface area contributed by atoms with Gasteiger partial charge in [-0.3, -0.25) is 10.1 Å². The molecule has 0 aliphatic rings. The Morgan fingerprint density at radius 1 is 1.31 bits per heavy atom. The van der Waals surface area contributed by atoms with Crippen LogP contribution >= 0.6 is 11.3 Å². The summed E-state index contributed by atoms with van der Waals surface area (Å²) in [7, 11) is -3.58. The third-order valence-electron chi connectivity index (χ3n) is 3.23. The molecule has 0 saturated carbocycles. The van der Waals surface area contributed by atoms with Crippen LogP contribution in [0.5, 0.6) is 0 Å². The number of amides is 1. The summed E-state index contributed by atoms with van der Waals surface area (Å²) in [6.45, 7) is 3.51. The molecule has 2 aromatic heterocycles. The molecule has 0 saturated heterocycles. The van der Waals surface area contributed by atoms with E-state index in [0.29, 0.717) is 21.1 Å². The Balaban J connectivity index is 1.78. The molecule has 1 amide bonds. The van der Waals surface area contributed by atoms with Crippen LogP contribution in [0.1, 0.15) is 19.6 Å². The first-order valence-electron chi connectivity index (χ1n) is 7.79. The molecule has 0 fully saturated rings. The number of hydrogen-bond donors (Lipinski definition) is 2. The van der Waals surface area contributed by atoms with Crippen molar-refractivity contribution in [3.05, 3.63) is 48.4 Å². The minimum atomic E-state index is -3.58. The average Bonchev–Trinajstić information content (AvgIpc) is 3.19. The van der Waals surface area contributed by atoms with Crippen LogP contribution < -0.4 is 10.0 Å². The van der Waals surface area contributed by atoms with Gasteiger partial charge in [-0.2, -0.15) is 0 Å². The van der Waals surface area contributed by atoms with Crippen LogP contribution in [-0.4, -0.2) is 25.4 Å². The van der Waals surface area contributed by atoms with Crippen molar-refractivity contribution in [2.75, 3.05) is 5.32 Å². The Morgan fingerprint density at radius 2 is 2.12 bits per heavy atom. The van der Waals surface area contributed by atoms with Crippen LogP contribution in [0.2, 0.25) is 0 Å². The Morgan fingerprint density at radius 3 is 2.81 bits per heavy atom. The number of rotatable bonds is 6. The molecule has 0 unspecified atom stereocenters. The largest absolute Gasteiger partial charge is 0.465 e. The standard InChI is InChI=1S/C17H17N3O4S2/c1-11(2)20-26(22,23)13-6-7-14-15(10-13)25-17(18-14)19-16(21)8-5-12-4-3-9-24-12/h3-11,20H,1-2H3,(H,18,19,21). The summed E-state index contributed by atoms with van der Waals surface area (Å²) < 4.78 is 32.8. The zero-order chi connectivity index (χ0) is 18.7. The molecule has 9 heteroatoms. The molecule has 1 aromatic carbocycles. The highest BCUT2D eigenvalue weighted by atomic mass is 32.2. The Labute approximate surface area is 154 Å². The summed E-state index contributed by atoms with van der Waals surface area (Å²) in [6, 6.07) is 7.92. The lowest BCUT2D eigenvalue weighted by atomic mass is 10.3. The van der Waals surface area contributed by atoms with Crippen molar-refractivity contribution in [3.63, 3.8) is 0 Å². The summed E-state index contributed by atoms with van der Waals surface area (Å²) in [5.74, 6) is 0.215. The number of hydrogen-bond acceptors (Lipinski definition) is 6. The van der Waals surface area contributed by atoms with Gasteiger partial charge in [0.25, 0.3) is 0 Å². The number of nitrogens with zero attached hydrogens (tertiary/aromatic N) is 1. The highest BCUT2D eigenvalue weighted by molar-refractivity contribution is 7.89. The van der Waals surface area contributed by atoms with E-state index < -0.39 is 10.0 Å². The van der Waals surface area contributed by atoms with Gasteiger partial charge < -0.3 is 4.42 Å². The van der Waals surface area contributed by atoms with Crippen LogP contribution in [0.15, 0.2) is 52.0 Å². The number of thiazole rings is 1. The summed E-state index contributed by atoms with van der Waals surface area (Å²) in [4.78, 5) is 16.4. The maximum atomic E-state index is 12.3. The van der Waals surface area contributed by atoms with E-state index in [0.717, 1.165) is 0 Å². The summed E-state index contributed by atoms with van der Waals surface area (Å²) in [5.41, 5.74) is 0.615. The molecule has 3 aromatic rings. The molecule has 3 rings (SSSR count). The van der Waals surface area contributed by atoms with E-state index in [2.05, 4.69) is 15.0 Å². The Kier molecular flexibility index (Phi) is 5.21. The fraction of sp³-hybridized carbons (Fsp3) is 0.176. The van der Waals surface area contributed by atoms with Crippen molar-refractivity contribution in [3.8, 4) is 0 Å². The van der Waals surface area contributed by atoms with Crippen LogP contribution in [0.4, 0.5) is 5.13 Å². The molecule has 0 aliphatic heterocycles. The third-order valence-corrected chi connectivity index (χ3v) is 5.82. The molecule has 136 valence electrons. The Bertz CT molecular complexity index is 1050. The number of furan rings is 1. The van der Waals surface area contributed by atoms with Crippen molar-refractivity contribution in [1.29, 1.82) is 0 Å². The van der Waals surface area contributed by atoms with E-state index in [1.807, 2.05) is 0 Å². The molecular formula is C17H17N3O4S2. The number of benzene rings is 1. The fourth-order valence-corrected chi connectivity index (χ4v) is 4.45. The first-order chi connectivity index (χ1) is 12.3. The van der Waals surface area contributed by atoms with Gasteiger partial charge in [-0.15, -0.1) is 0 Å².